The van der Waals surface area contributed by atoms with Gasteiger partial charge in [0.2, 0.25) is 0 Å². The predicted molar refractivity (Wildman–Crippen MR) is 86.6 cm³/mol. The molecule has 0 N–H and O–H groups in total. The number of likely N-dealkylation sites (N-methyl/N-ethyl adjacent to an activating group) is 1. The number of allylic oxidation sites excluding steroid dienone is 1. The number of hydrogen-bond donors (Lipinski definition) is 0. The van der Waals surface area contributed by atoms with Gasteiger partial charge in [-0.2, -0.15) is 0 Å². The Kier molecular flexibility index (Phi) is 8.13. The molecule has 0 aromatic heterocycles. The number of carboxylic acid groups (broad SMARTS) is 1. The lowest BCUT2D eigenvalue weighted by Gasteiger charge is -2.30. The molecule has 0 rings (SSSR count). The zero-order valence-electron chi connectivity index (χ0n) is 15.7. The average Bonchev–Trinajstić information content (AvgIpc) is 2.43. The van der Waals surface area contributed by atoms with Crippen molar-refractivity contribution in [3.05, 3.63) is 11.1 Å². The maximum atomic E-state index is 12.3. The molecule has 0 radical (unpaired) electrons. The van der Waals surface area contributed by atoms with Crippen LogP contribution in [0.25, 0.3) is 0 Å². The van der Waals surface area contributed by atoms with Crippen molar-refractivity contribution in [2.45, 2.75) is 34.1 Å². The fraction of sp³-hybridized carbons (Fsp3) is 0.706. The second-order valence-electron chi connectivity index (χ2n) is 7.28. The van der Waals surface area contributed by atoms with Crippen LogP contribution in [0.4, 0.5) is 0 Å². The molecule has 24 heavy (non-hydrogen) atoms. The molecule has 0 aromatic carbocycles. The molecule has 0 saturated heterocycles. The van der Waals surface area contributed by atoms with E-state index in [1.807, 2.05) is 0 Å². The summed E-state index contributed by atoms with van der Waals surface area (Å²) in [6, 6.07) is 0. The van der Waals surface area contributed by atoms with Crippen molar-refractivity contribution in [1.82, 2.24) is 0 Å². The number of quaternary nitrogens is 1. The molecule has 0 bridgehead atoms. The van der Waals surface area contributed by atoms with Crippen molar-refractivity contribution >= 4 is 17.9 Å². The number of methoxy groups -OCH3 is 1. The third kappa shape index (κ3) is 7.59. The first-order valence-electron chi connectivity index (χ1n) is 7.76. The smallest absolute Gasteiger partial charge is 0.333 e. The van der Waals surface area contributed by atoms with Crippen molar-refractivity contribution in [3.63, 3.8) is 0 Å². The Bertz CT molecular complexity index is 519. The van der Waals surface area contributed by atoms with Crippen LogP contribution in [0.1, 0.15) is 34.1 Å². The minimum atomic E-state index is -1.15. The number of ether oxygens (including phenoxy) is 2. The van der Waals surface area contributed by atoms with Gasteiger partial charge in [-0.15, -0.1) is 0 Å². The number of hydrogen-bond acceptors (Lipinski definition) is 6. The van der Waals surface area contributed by atoms with Crippen LogP contribution in [0.15, 0.2) is 11.1 Å². The lowest BCUT2D eigenvalue weighted by Crippen LogP contribution is -2.50. The van der Waals surface area contributed by atoms with E-state index in [1.54, 1.807) is 41.8 Å². The first kappa shape index (κ1) is 22.1. The second kappa shape index (κ2) is 8.82. The Morgan fingerprint density at radius 3 is 2.12 bits per heavy atom. The van der Waals surface area contributed by atoms with E-state index < -0.39 is 23.3 Å². The summed E-state index contributed by atoms with van der Waals surface area (Å²) in [6.45, 7) is 7.24. The van der Waals surface area contributed by atoms with E-state index in [-0.39, 0.29) is 17.6 Å². The van der Waals surface area contributed by atoms with Gasteiger partial charge in [0, 0.05) is 5.57 Å². The molecule has 0 aliphatic carbocycles. The van der Waals surface area contributed by atoms with Crippen LogP contribution in [-0.4, -0.2) is 63.3 Å². The molecular weight excluding hydrogens is 314 g/mol. The molecular formula is C17H29NO6. The number of rotatable bonds is 9. The Morgan fingerprint density at radius 2 is 1.67 bits per heavy atom. The van der Waals surface area contributed by atoms with E-state index in [1.165, 1.54) is 7.11 Å². The Labute approximate surface area is 143 Å². The van der Waals surface area contributed by atoms with Crippen molar-refractivity contribution < 1.29 is 33.4 Å². The highest BCUT2D eigenvalue weighted by Gasteiger charge is 2.31. The number of aliphatic carboxylic acids is 1. The molecule has 0 unspecified atom stereocenters. The van der Waals surface area contributed by atoms with Crippen LogP contribution in [0.5, 0.6) is 0 Å². The van der Waals surface area contributed by atoms with Gasteiger partial charge in [0.05, 0.1) is 32.6 Å². The van der Waals surface area contributed by atoms with Gasteiger partial charge in [0.1, 0.15) is 19.7 Å². The SMILES string of the molecule is COC(=O)C(C)=C(C)CC(C)(C)C(=O)OCC[N+](C)(C)CC(=O)[O-]. The van der Waals surface area contributed by atoms with Crippen molar-refractivity contribution in [2.24, 2.45) is 5.41 Å². The monoisotopic (exact) mass is 343 g/mol. The van der Waals surface area contributed by atoms with E-state index in [0.717, 1.165) is 5.57 Å². The summed E-state index contributed by atoms with van der Waals surface area (Å²) in [4.78, 5) is 34.5. The number of esters is 2. The molecule has 0 aliphatic heterocycles. The number of carbonyl (C=O) groups is 3. The number of carboxylic acids is 1. The largest absolute Gasteiger partial charge is 0.544 e. The minimum absolute atomic E-state index is 0.112. The van der Waals surface area contributed by atoms with E-state index in [0.29, 0.717) is 18.5 Å². The van der Waals surface area contributed by atoms with E-state index in [2.05, 4.69) is 4.74 Å². The topological polar surface area (TPSA) is 92.7 Å². The van der Waals surface area contributed by atoms with E-state index >= 15 is 0 Å². The molecule has 0 aliphatic rings. The van der Waals surface area contributed by atoms with E-state index in [4.69, 9.17) is 4.74 Å². The fourth-order valence-corrected chi connectivity index (χ4v) is 2.20. The van der Waals surface area contributed by atoms with Gasteiger partial charge in [-0.1, -0.05) is 5.57 Å². The van der Waals surface area contributed by atoms with Gasteiger partial charge < -0.3 is 23.9 Å². The Balaban J connectivity index is 4.69. The van der Waals surface area contributed by atoms with Gasteiger partial charge in [0.25, 0.3) is 0 Å². The van der Waals surface area contributed by atoms with Crippen LogP contribution < -0.4 is 5.11 Å². The number of carbonyl (C=O) groups excluding carboxylic acids is 3. The average molecular weight is 343 g/mol. The third-order valence-corrected chi connectivity index (χ3v) is 3.88. The third-order valence-electron chi connectivity index (χ3n) is 3.88. The summed E-state index contributed by atoms with van der Waals surface area (Å²) in [7, 11) is 4.76. The highest BCUT2D eigenvalue weighted by atomic mass is 16.5. The fourth-order valence-electron chi connectivity index (χ4n) is 2.20. The molecule has 0 amide bonds. The maximum Gasteiger partial charge on any atom is 0.333 e. The minimum Gasteiger partial charge on any atom is -0.544 e. The molecule has 0 spiro atoms. The summed E-state index contributed by atoms with van der Waals surface area (Å²) < 4.78 is 10.1. The quantitative estimate of drug-likeness (QED) is 0.339. The van der Waals surface area contributed by atoms with E-state index in [9.17, 15) is 19.5 Å². The zero-order valence-corrected chi connectivity index (χ0v) is 15.7. The molecule has 0 aromatic rings. The van der Waals surface area contributed by atoms with Crippen LogP contribution in [-0.2, 0) is 23.9 Å². The molecule has 0 fully saturated rings. The summed E-state index contributed by atoms with van der Waals surface area (Å²) in [5.41, 5.74) is 0.437. The molecule has 0 heterocycles. The van der Waals surface area contributed by atoms with Gasteiger partial charge in [-0.25, -0.2) is 4.79 Å². The normalized spacial score (nSPS) is 13.1. The summed E-state index contributed by atoms with van der Waals surface area (Å²) in [6.07, 6.45) is 0.365. The lowest BCUT2D eigenvalue weighted by atomic mass is 9.84. The van der Waals surface area contributed by atoms with Gasteiger partial charge in [-0.05, 0) is 34.1 Å². The van der Waals surface area contributed by atoms with Crippen LogP contribution >= 0.6 is 0 Å². The second-order valence-corrected chi connectivity index (χ2v) is 7.28. The summed E-state index contributed by atoms with van der Waals surface area (Å²) >= 11 is 0. The Hall–Kier alpha value is -1.89. The molecule has 7 nitrogen and oxygen atoms in total. The molecule has 0 saturated carbocycles. The highest BCUT2D eigenvalue weighted by Crippen LogP contribution is 2.28. The lowest BCUT2D eigenvalue weighted by molar-refractivity contribution is -0.884. The van der Waals surface area contributed by atoms with Crippen LogP contribution in [0.3, 0.4) is 0 Å². The first-order chi connectivity index (χ1) is 10.8. The first-order valence-corrected chi connectivity index (χ1v) is 7.76. The Morgan fingerprint density at radius 1 is 1.12 bits per heavy atom. The van der Waals surface area contributed by atoms with Crippen molar-refractivity contribution in [1.29, 1.82) is 0 Å². The molecule has 138 valence electrons. The molecule has 7 heteroatoms. The van der Waals surface area contributed by atoms with Crippen molar-refractivity contribution in [2.75, 3.05) is 40.9 Å². The summed E-state index contributed by atoms with van der Waals surface area (Å²) in [5, 5.41) is 10.7. The van der Waals surface area contributed by atoms with Gasteiger partial charge >= 0.3 is 11.9 Å². The number of nitrogens with zero attached hydrogens (tertiary/aromatic N) is 1. The summed E-state index contributed by atoms with van der Waals surface area (Å²) in [5.74, 6) is -1.96. The van der Waals surface area contributed by atoms with Crippen LogP contribution in [0, 0.1) is 5.41 Å². The predicted octanol–water partition coefficient (Wildman–Crippen LogP) is 0.282. The standard InChI is InChI=1S/C17H29NO6/c1-12(13(2)15(21)23-7)10-17(3,4)16(22)24-9-8-18(5,6)11-14(19)20/h8-11H2,1-7H3. The highest BCUT2D eigenvalue weighted by molar-refractivity contribution is 5.88. The zero-order chi connectivity index (χ0) is 19.1. The maximum absolute atomic E-state index is 12.3. The molecule has 0 atom stereocenters. The van der Waals surface area contributed by atoms with Crippen LogP contribution in [0.2, 0.25) is 0 Å². The van der Waals surface area contributed by atoms with Gasteiger partial charge in [-0.3, -0.25) is 4.79 Å². The van der Waals surface area contributed by atoms with Crippen molar-refractivity contribution in [3.8, 4) is 0 Å². The van der Waals surface area contributed by atoms with Gasteiger partial charge in [0.15, 0.2) is 0 Å².